The molecule has 2 N–H and O–H groups in total. The minimum Gasteiger partial charge on any atom is -0.478 e. The maximum absolute atomic E-state index is 12.2. The Bertz CT molecular complexity index is 569. The number of hydrogen-bond donors (Lipinski definition) is 2. The van der Waals surface area contributed by atoms with Crippen LogP contribution in [0.5, 0.6) is 0 Å². The molecule has 124 valence electrons. The quantitative estimate of drug-likeness (QED) is 0.611. The fraction of sp³-hybridized carbons (Fsp3) is 0.562. The van der Waals surface area contributed by atoms with E-state index in [1.807, 2.05) is 0 Å². The molecule has 0 saturated carbocycles. The molecule has 1 aromatic rings. The van der Waals surface area contributed by atoms with E-state index in [1.54, 1.807) is 6.07 Å². The summed E-state index contributed by atoms with van der Waals surface area (Å²) >= 11 is 0. The SMILES string of the molecule is CCCCCCCNCCS(=O)(=O)c1ccccc1C(=O)O. The van der Waals surface area contributed by atoms with Gasteiger partial charge in [-0.15, -0.1) is 0 Å². The summed E-state index contributed by atoms with van der Waals surface area (Å²) in [5.41, 5.74) is -0.165. The molecule has 0 saturated heterocycles. The maximum Gasteiger partial charge on any atom is 0.337 e. The van der Waals surface area contributed by atoms with Gasteiger partial charge in [0.25, 0.3) is 0 Å². The van der Waals surface area contributed by atoms with Gasteiger partial charge in [-0.2, -0.15) is 0 Å². The van der Waals surface area contributed by atoms with Crippen molar-refractivity contribution in [3.05, 3.63) is 29.8 Å². The Labute approximate surface area is 132 Å². The van der Waals surface area contributed by atoms with Crippen molar-refractivity contribution >= 4 is 15.8 Å². The van der Waals surface area contributed by atoms with E-state index in [2.05, 4.69) is 12.2 Å². The van der Waals surface area contributed by atoms with E-state index in [0.717, 1.165) is 19.4 Å². The molecule has 0 aliphatic heterocycles. The van der Waals surface area contributed by atoms with Crippen molar-refractivity contribution < 1.29 is 18.3 Å². The average molecular weight is 327 g/mol. The van der Waals surface area contributed by atoms with Gasteiger partial charge in [0.15, 0.2) is 9.84 Å². The molecule has 0 aliphatic rings. The van der Waals surface area contributed by atoms with Gasteiger partial charge in [-0.1, -0.05) is 44.7 Å². The second kappa shape index (κ2) is 9.58. The third kappa shape index (κ3) is 6.15. The number of benzene rings is 1. The van der Waals surface area contributed by atoms with Crippen molar-refractivity contribution in [3.8, 4) is 0 Å². The van der Waals surface area contributed by atoms with E-state index in [0.29, 0.717) is 6.54 Å². The molecule has 0 unspecified atom stereocenters. The van der Waals surface area contributed by atoms with E-state index >= 15 is 0 Å². The summed E-state index contributed by atoms with van der Waals surface area (Å²) in [6.07, 6.45) is 5.83. The standard InChI is InChI=1S/C16H25NO4S/c1-2-3-4-5-8-11-17-12-13-22(20,21)15-10-7-6-9-14(15)16(18)19/h6-7,9-10,17H,2-5,8,11-13H2,1H3,(H,18,19). The van der Waals surface area contributed by atoms with Crippen LogP contribution in [0.15, 0.2) is 29.2 Å². The summed E-state index contributed by atoms with van der Waals surface area (Å²) in [6, 6.07) is 5.73. The third-order valence-corrected chi connectivity index (χ3v) is 5.22. The fourth-order valence-electron chi connectivity index (χ4n) is 2.21. The van der Waals surface area contributed by atoms with E-state index < -0.39 is 15.8 Å². The topological polar surface area (TPSA) is 83.5 Å². The Morgan fingerprint density at radius 1 is 1.09 bits per heavy atom. The van der Waals surface area contributed by atoms with Crippen LogP contribution in [-0.2, 0) is 9.84 Å². The first-order valence-electron chi connectivity index (χ1n) is 7.75. The predicted octanol–water partition coefficient (Wildman–Crippen LogP) is 2.72. The minimum atomic E-state index is -3.58. The van der Waals surface area contributed by atoms with Gasteiger partial charge in [0, 0.05) is 6.54 Å². The highest BCUT2D eigenvalue weighted by molar-refractivity contribution is 7.91. The number of carboxylic acid groups (broad SMARTS) is 1. The molecule has 0 atom stereocenters. The highest BCUT2D eigenvalue weighted by Gasteiger charge is 2.21. The Kier molecular flexibility index (Phi) is 8.12. The van der Waals surface area contributed by atoms with Gasteiger partial charge in [-0.25, -0.2) is 13.2 Å². The molecule has 0 bridgehead atoms. The first-order chi connectivity index (χ1) is 10.5. The molecule has 22 heavy (non-hydrogen) atoms. The smallest absolute Gasteiger partial charge is 0.337 e. The third-order valence-electron chi connectivity index (χ3n) is 3.46. The van der Waals surface area contributed by atoms with Gasteiger partial charge in [0.2, 0.25) is 0 Å². The summed E-state index contributed by atoms with van der Waals surface area (Å²) in [7, 11) is -3.58. The van der Waals surface area contributed by atoms with E-state index in [1.165, 1.54) is 37.5 Å². The van der Waals surface area contributed by atoms with Crippen LogP contribution in [0.1, 0.15) is 49.4 Å². The van der Waals surface area contributed by atoms with Crippen LogP contribution in [0.3, 0.4) is 0 Å². The first kappa shape index (κ1) is 18.6. The molecule has 0 spiro atoms. The number of hydrogen-bond acceptors (Lipinski definition) is 4. The molecular weight excluding hydrogens is 302 g/mol. The van der Waals surface area contributed by atoms with E-state index in [-0.39, 0.29) is 16.2 Å². The number of rotatable bonds is 11. The molecule has 6 heteroatoms. The second-order valence-electron chi connectivity index (χ2n) is 5.28. The highest BCUT2D eigenvalue weighted by atomic mass is 32.2. The zero-order chi connectivity index (χ0) is 16.4. The van der Waals surface area contributed by atoms with Crippen molar-refractivity contribution in [2.75, 3.05) is 18.8 Å². The summed E-state index contributed by atoms with van der Waals surface area (Å²) < 4.78 is 24.5. The van der Waals surface area contributed by atoms with Gasteiger partial charge in [-0.3, -0.25) is 0 Å². The van der Waals surface area contributed by atoms with Crippen LogP contribution in [-0.4, -0.2) is 38.3 Å². The van der Waals surface area contributed by atoms with E-state index in [9.17, 15) is 13.2 Å². The summed E-state index contributed by atoms with van der Waals surface area (Å²) in [6.45, 7) is 3.29. The summed E-state index contributed by atoms with van der Waals surface area (Å²) in [5.74, 6) is -1.31. The average Bonchev–Trinajstić information content (AvgIpc) is 2.50. The molecule has 0 heterocycles. The monoisotopic (exact) mass is 327 g/mol. The lowest BCUT2D eigenvalue weighted by Gasteiger charge is -2.08. The lowest BCUT2D eigenvalue weighted by Crippen LogP contribution is -2.25. The number of sulfone groups is 1. The van der Waals surface area contributed by atoms with Crippen LogP contribution in [0.2, 0.25) is 0 Å². The van der Waals surface area contributed by atoms with Crippen LogP contribution < -0.4 is 5.32 Å². The Hall–Kier alpha value is -1.40. The molecule has 1 aromatic carbocycles. The van der Waals surface area contributed by atoms with Crippen LogP contribution in [0.25, 0.3) is 0 Å². The Morgan fingerprint density at radius 2 is 1.77 bits per heavy atom. The second-order valence-corrected chi connectivity index (χ2v) is 7.36. The van der Waals surface area contributed by atoms with Crippen molar-refractivity contribution in [1.82, 2.24) is 5.32 Å². The van der Waals surface area contributed by atoms with Gasteiger partial charge in [-0.05, 0) is 25.1 Å². The number of carbonyl (C=O) groups is 1. The van der Waals surface area contributed by atoms with Crippen molar-refractivity contribution in [2.45, 2.75) is 43.9 Å². The predicted molar refractivity (Wildman–Crippen MR) is 87.1 cm³/mol. The minimum absolute atomic E-state index is 0.0910. The maximum atomic E-state index is 12.2. The lowest BCUT2D eigenvalue weighted by atomic mass is 10.1. The number of aromatic carboxylic acids is 1. The normalized spacial score (nSPS) is 11.5. The number of nitrogens with one attached hydrogen (secondary N) is 1. The van der Waals surface area contributed by atoms with Crippen molar-refractivity contribution in [3.63, 3.8) is 0 Å². The van der Waals surface area contributed by atoms with Gasteiger partial charge < -0.3 is 10.4 Å². The zero-order valence-corrected chi connectivity index (χ0v) is 13.9. The molecule has 0 fully saturated rings. The number of unbranched alkanes of at least 4 members (excludes halogenated alkanes) is 4. The van der Waals surface area contributed by atoms with Crippen LogP contribution >= 0.6 is 0 Å². The molecule has 5 nitrogen and oxygen atoms in total. The number of carboxylic acids is 1. The lowest BCUT2D eigenvalue weighted by molar-refractivity contribution is 0.0692. The Morgan fingerprint density at radius 3 is 2.45 bits per heavy atom. The molecule has 0 amide bonds. The zero-order valence-electron chi connectivity index (χ0n) is 13.0. The molecule has 0 radical (unpaired) electrons. The Balaban J connectivity index is 2.44. The highest BCUT2D eigenvalue weighted by Crippen LogP contribution is 2.16. The molecule has 1 rings (SSSR count). The van der Waals surface area contributed by atoms with Gasteiger partial charge in [0.1, 0.15) is 0 Å². The molecule has 0 aromatic heterocycles. The van der Waals surface area contributed by atoms with Gasteiger partial charge in [0.05, 0.1) is 16.2 Å². The first-order valence-corrected chi connectivity index (χ1v) is 9.40. The molecular formula is C16H25NO4S. The van der Waals surface area contributed by atoms with E-state index in [4.69, 9.17) is 5.11 Å². The van der Waals surface area contributed by atoms with Crippen molar-refractivity contribution in [2.24, 2.45) is 0 Å². The summed E-state index contributed by atoms with van der Waals surface area (Å²) in [5, 5.41) is 12.2. The van der Waals surface area contributed by atoms with Gasteiger partial charge >= 0.3 is 5.97 Å². The van der Waals surface area contributed by atoms with Crippen LogP contribution in [0.4, 0.5) is 0 Å². The fourth-order valence-corrected chi connectivity index (χ4v) is 3.62. The largest absolute Gasteiger partial charge is 0.478 e. The van der Waals surface area contributed by atoms with Crippen molar-refractivity contribution in [1.29, 1.82) is 0 Å². The molecule has 0 aliphatic carbocycles. The van der Waals surface area contributed by atoms with Crippen LogP contribution in [0, 0.1) is 0 Å². The summed E-state index contributed by atoms with van der Waals surface area (Å²) in [4.78, 5) is 11.0.